The third-order valence-corrected chi connectivity index (χ3v) is 6.20. The number of benzene rings is 1. The van der Waals surface area contributed by atoms with E-state index in [0.29, 0.717) is 32.5 Å². The van der Waals surface area contributed by atoms with Crippen molar-refractivity contribution >= 4 is 16.1 Å². The van der Waals surface area contributed by atoms with Crippen LogP contribution in [0.25, 0.3) is 0 Å². The van der Waals surface area contributed by atoms with Crippen LogP contribution >= 0.6 is 0 Å². The van der Waals surface area contributed by atoms with Crippen molar-refractivity contribution in [3.63, 3.8) is 0 Å². The van der Waals surface area contributed by atoms with Gasteiger partial charge >= 0.3 is 0 Å². The number of carbonyl (C=O) groups is 1. The van der Waals surface area contributed by atoms with E-state index in [1.54, 1.807) is 0 Å². The van der Waals surface area contributed by atoms with Gasteiger partial charge in [-0.1, -0.05) is 18.2 Å². The number of hydrogen-bond acceptors (Lipinski definition) is 4. The van der Waals surface area contributed by atoms with E-state index in [-0.39, 0.29) is 18.4 Å². The average Bonchev–Trinajstić information content (AvgIpc) is 2.60. The smallest absolute Gasteiger partial charge is 0.281 e. The number of aryl methyl sites for hydroxylation is 1. The highest BCUT2D eigenvalue weighted by Crippen LogP contribution is 2.20. The Labute approximate surface area is 150 Å². The van der Waals surface area contributed by atoms with Crippen LogP contribution in [0.15, 0.2) is 24.3 Å². The Hall–Kier alpha value is -1.64. The van der Waals surface area contributed by atoms with Gasteiger partial charge in [-0.05, 0) is 31.4 Å². The zero-order valence-electron chi connectivity index (χ0n) is 15.1. The molecule has 2 rings (SSSR count). The Morgan fingerprint density at radius 2 is 2.08 bits per heavy atom. The van der Waals surface area contributed by atoms with E-state index in [1.165, 1.54) is 22.7 Å². The lowest BCUT2D eigenvalue weighted by Crippen LogP contribution is -2.49. The molecule has 1 amide bonds. The van der Waals surface area contributed by atoms with Gasteiger partial charge in [0.2, 0.25) is 5.91 Å². The molecule has 0 saturated carbocycles. The zero-order valence-corrected chi connectivity index (χ0v) is 15.9. The molecule has 1 saturated heterocycles. The molecule has 0 unspecified atom stereocenters. The van der Waals surface area contributed by atoms with Gasteiger partial charge in [0, 0.05) is 27.2 Å². The van der Waals surface area contributed by atoms with E-state index in [0.717, 1.165) is 11.3 Å². The minimum absolute atomic E-state index is 0.118. The molecular formula is C17H27N3O4S. The molecule has 1 atom stereocenters. The van der Waals surface area contributed by atoms with Gasteiger partial charge in [-0.2, -0.15) is 17.0 Å². The summed E-state index contributed by atoms with van der Waals surface area (Å²) in [6, 6.07) is 7.71. The maximum atomic E-state index is 12.3. The molecule has 0 aromatic heterocycles. The van der Waals surface area contributed by atoms with Gasteiger partial charge in [-0.15, -0.1) is 0 Å². The van der Waals surface area contributed by atoms with Crippen LogP contribution in [-0.2, 0) is 15.0 Å². The lowest BCUT2D eigenvalue weighted by atomic mass is 9.99. The standard InChI is InChI=1S/C17H27N3O4S/c1-14-7-4-5-9-16(14)24-12-10-18-17(21)15-8-6-11-20(13-15)25(22,23)19(2)3/h4-5,7,9,15H,6,8,10-13H2,1-3H3,(H,18,21)/t15-/m0/s1. The molecule has 1 aromatic rings. The normalized spacial score (nSPS) is 19.0. The fraction of sp³-hybridized carbons (Fsp3) is 0.588. The molecule has 1 fully saturated rings. The summed E-state index contributed by atoms with van der Waals surface area (Å²) in [6.07, 6.45) is 1.38. The lowest BCUT2D eigenvalue weighted by molar-refractivity contribution is -0.126. The van der Waals surface area contributed by atoms with Crippen LogP contribution in [0.3, 0.4) is 0 Å². The van der Waals surface area contributed by atoms with Crippen molar-refractivity contribution in [2.75, 3.05) is 40.3 Å². The van der Waals surface area contributed by atoms with Gasteiger partial charge in [0.15, 0.2) is 0 Å². The molecule has 1 N–H and O–H groups in total. The van der Waals surface area contributed by atoms with Crippen LogP contribution in [0.1, 0.15) is 18.4 Å². The number of carbonyl (C=O) groups excluding carboxylic acids is 1. The molecule has 1 aliphatic rings. The van der Waals surface area contributed by atoms with E-state index in [1.807, 2.05) is 31.2 Å². The maximum absolute atomic E-state index is 12.3. The summed E-state index contributed by atoms with van der Waals surface area (Å²) in [7, 11) is -0.467. The van der Waals surface area contributed by atoms with E-state index < -0.39 is 10.2 Å². The van der Waals surface area contributed by atoms with E-state index >= 15 is 0 Å². The Morgan fingerprint density at radius 1 is 1.36 bits per heavy atom. The summed E-state index contributed by atoms with van der Waals surface area (Å²) in [4.78, 5) is 12.3. The predicted octanol–water partition coefficient (Wildman–Crippen LogP) is 1.01. The summed E-state index contributed by atoms with van der Waals surface area (Å²) >= 11 is 0. The molecule has 7 nitrogen and oxygen atoms in total. The first-order valence-corrected chi connectivity index (χ1v) is 9.86. The number of para-hydroxylation sites is 1. The molecule has 0 spiro atoms. The summed E-state index contributed by atoms with van der Waals surface area (Å²) < 4.78 is 32.6. The molecule has 0 aliphatic carbocycles. The predicted molar refractivity (Wildman–Crippen MR) is 96.6 cm³/mol. The summed E-state index contributed by atoms with van der Waals surface area (Å²) in [5, 5.41) is 2.84. The van der Waals surface area contributed by atoms with E-state index in [4.69, 9.17) is 4.74 Å². The second-order valence-corrected chi connectivity index (χ2v) is 8.53. The van der Waals surface area contributed by atoms with Crippen LogP contribution in [0.4, 0.5) is 0 Å². The van der Waals surface area contributed by atoms with Crippen molar-refractivity contribution in [3.8, 4) is 5.75 Å². The summed E-state index contributed by atoms with van der Waals surface area (Å²) in [5.74, 6) is 0.367. The van der Waals surface area contributed by atoms with Crippen molar-refractivity contribution in [2.45, 2.75) is 19.8 Å². The van der Waals surface area contributed by atoms with Gasteiger partial charge < -0.3 is 10.1 Å². The van der Waals surface area contributed by atoms with Gasteiger partial charge in [-0.3, -0.25) is 4.79 Å². The average molecular weight is 369 g/mol. The van der Waals surface area contributed by atoms with Crippen LogP contribution in [0, 0.1) is 12.8 Å². The van der Waals surface area contributed by atoms with Gasteiger partial charge in [0.05, 0.1) is 12.5 Å². The van der Waals surface area contributed by atoms with Crippen molar-refractivity contribution in [2.24, 2.45) is 5.92 Å². The third-order valence-electron chi connectivity index (χ3n) is 4.30. The van der Waals surface area contributed by atoms with E-state index in [2.05, 4.69) is 5.32 Å². The zero-order chi connectivity index (χ0) is 18.4. The van der Waals surface area contributed by atoms with Crippen molar-refractivity contribution in [3.05, 3.63) is 29.8 Å². The summed E-state index contributed by atoms with van der Waals surface area (Å²) in [6.45, 7) is 3.43. The molecule has 0 bridgehead atoms. The SMILES string of the molecule is Cc1ccccc1OCCNC(=O)[C@H]1CCCN(S(=O)(=O)N(C)C)C1. The highest BCUT2D eigenvalue weighted by atomic mass is 32.2. The molecular weight excluding hydrogens is 342 g/mol. The largest absolute Gasteiger partial charge is 0.491 e. The highest BCUT2D eigenvalue weighted by molar-refractivity contribution is 7.86. The Kier molecular flexibility index (Phi) is 6.80. The first kappa shape index (κ1) is 19.7. The third kappa shape index (κ3) is 5.17. The molecule has 1 aromatic carbocycles. The van der Waals surface area contributed by atoms with Crippen LogP contribution in [0.2, 0.25) is 0 Å². The van der Waals surface area contributed by atoms with Crippen LogP contribution in [0.5, 0.6) is 5.75 Å². The first-order valence-electron chi connectivity index (χ1n) is 8.46. The summed E-state index contributed by atoms with van der Waals surface area (Å²) in [5.41, 5.74) is 1.05. The topological polar surface area (TPSA) is 79.0 Å². The van der Waals surface area contributed by atoms with Gasteiger partial charge in [-0.25, -0.2) is 0 Å². The molecule has 1 heterocycles. The van der Waals surface area contributed by atoms with Crippen molar-refractivity contribution < 1.29 is 17.9 Å². The number of ether oxygens (including phenoxy) is 1. The minimum Gasteiger partial charge on any atom is -0.491 e. The highest BCUT2D eigenvalue weighted by Gasteiger charge is 2.33. The Balaban J connectivity index is 1.80. The molecule has 8 heteroatoms. The number of nitrogens with zero attached hydrogens (tertiary/aromatic N) is 2. The number of rotatable bonds is 7. The van der Waals surface area contributed by atoms with Crippen molar-refractivity contribution in [1.82, 2.24) is 13.9 Å². The Morgan fingerprint density at radius 3 is 2.76 bits per heavy atom. The van der Waals surface area contributed by atoms with E-state index in [9.17, 15) is 13.2 Å². The van der Waals surface area contributed by atoms with Gasteiger partial charge in [0.1, 0.15) is 12.4 Å². The van der Waals surface area contributed by atoms with Crippen LogP contribution in [-0.4, -0.2) is 63.3 Å². The quantitative estimate of drug-likeness (QED) is 0.728. The number of hydrogen-bond donors (Lipinski definition) is 1. The van der Waals surface area contributed by atoms with Crippen molar-refractivity contribution in [1.29, 1.82) is 0 Å². The minimum atomic E-state index is -3.47. The maximum Gasteiger partial charge on any atom is 0.281 e. The Bertz CT molecular complexity index is 691. The number of nitrogens with one attached hydrogen (secondary N) is 1. The number of amides is 1. The second kappa shape index (κ2) is 8.64. The molecule has 25 heavy (non-hydrogen) atoms. The fourth-order valence-corrected chi connectivity index (χ4v) is 3.98. The fourth-order valence-electron chi connectivity index (χ4n) is 2.79. The second-order valence-electron chi connectivity index (χ2n) is 6.39. The van der Waals surface area contributed by atoms with Gasteiger partial charge in [0.25, 0.3) is 10.2 Å². The molecule has 140 valence electrons. The molecule has 1 aliphatic heterocycles. The monoisotopic (exact) mass is 369 g/mol. The molecule has 0 radical (unpaired) electrons. The first-order chi connectivity index (χ1) is 11.8. The van der Waals surface area contributed by atoms with Crippen LogP contribution < -0.4 is 10.1 Å². The lowest BCUT2D eigenvalue weighted by Gasteiger charge is -2.32. The number of piperidine rings is 1.